The number of hydrogen-bond donors (Lipinski definition) is 1. The Balaban J connectivity index is 1.39. The van der Waals surface area contributed by atoms with Gasteiger partial charge in [0.15, 0.2) is 0 Å². The summed E-state index contributed by atoms with van der Waals surface area (Å²) in [5, 5.41) is 2.48. The molecule has 0 radical (unpaired) electrons. The third-order valence-electron chi connectivity index (χ3n) is 8.53. The largest absolute Gasteiger partial charge is 0.497 e. The number of likely N-dealkylation sites (tertiary alicyclic amines) is 1. The topological polar surface area (TPSA) is 110 Å². The number of para-hydroxylation sites is 1. The second kappa shape index (κ2) is 10.5. The normalized spacial score (nSPS) is 24.0. The van der Waals surface area contributed by atoms with Gasteiger partial charge in [-0.05, 0) is 54.3 Å². The van der Waals surface area contributed by atoms with Gasteiger partial charge in [-0.25, -0.2) is 9.69 Å². The third-order valence-corrected chi connectivity index (χ3v) is 8.53. The molecule has 0 aliphatic carbocycles. The molecule has 3 aliphatic heterocycles. The van der Waals surface area contributed by atoms with Crippen molar-refractivity contribution in [2.45, 2.75) is 25.3 Å². The Labute approximate surface area is 237 Å². The van der Waals surface area contributed by atoms with Gasteiger partial charge in [-0.1, -0.05) is 24.3 Å². The molecule has 1 aromatic heterocycles. The van der Waals surface area contributed by atoms with Gasteiger partial charge in [0.2, 0.25) is 5.91 Å². The van der Waals surface area contributed by atoms with E-state index in [0.29, 0.717) is 42.4 Å². The van der Waals surface area contributed by atoms with Crippen LogP contribution in [0.1, 0.15) is 23.6 Å². The Morgan fingerprint density at radius 2 is 1.66 bits per heavy atom. The molecule has 4 heterocycles. The van der Waals surface area contributed by atoms with E-state index >= 15 is 0 Å². The van der Waals surface area contributed by atoms with E-state index in [1.54, 1.807) is 49.6 Å². The maximum Gasteiger partial charge on any atom is 0.335 e. The zero-order valence-corrected chi connectivity index (χ0v) is 23.0. The molecule has 10 heteroatoms. The molecule has 2 saturated heterocycles. The number of carbonyl (C=O) groups excluding carboxylic acids is 3. The zero-order chi connectivity index (χ0) is 28.7. The lowest BCUT2D eigenvalue weighted by atomic mass is 9.75. The number of pyridine rings is 1. The van der Waals surface area contributed by atoms with Gasteiger partial charge in [0.1, 0.15) is 16.9 Å². The average Bonchev–Trinajstić information content (AvgIpc) is 2.97. The highest BCUT2D eigenvalue weighted by Gasteiger charge is 2.56. The summed E-state index contributed by atoms with van der Waals surface area (Å²) in [7, 11) is 3.08. The lowest BCUT2D eigenvalue weighted by Gasteiger charge is -2.47. The number of carbonyl (C=O) groups is 3. The first-order chi connectivity index (χ1) is 19.8. The number of hydrogen-bond acceptors (Lipinski definition) is 7. The number of imide groups is 2. The van der Waals surface area contributed by atoms with Crippen molar-refractivity contribution in [3.8, 4) is 11.5 Å². The van der Waals surface area contributed by atoms with Crippen LogP contribution in [0.3, 0.4) is 0 Å². The van der Waals surface area contributed by atoms with Crippen molar-refractivity contribution < 1.29 is 23.9 Å². The van der Waals surface area contributed by atoms with E-state index in [4.69, 9.17) is 9.47 Å². The SMILES string of the molecule is COc1ccc(N2C(=O)NC(=O)[C@@](Cc3ccccc3OC)(CN3C[C@H]4C[C@H](C3)c3cccc(=O)n3C4)C2=O)cc1. The number of nitrogens with one attached hydrogen (secondary N) is 1. The molecule has 0 saturated carbocycles. The highest BCUT2D eigenvalue weighted by atomic mass is 16.5. The maximum atomic E-state index is 14.5. The predicted molar refractivity (Wildman–Crippen MR) is 151 cm³/mol. The van der Waals surface area contributed by atoms with Crippen molar-refractivity contribution in [1.29, 1.82) is 0 Å². The van der Waals surface area contributed by atoms with E-state index in [1.807, 2.05) is 28.8 Å². The molecule has 3 aliphatic rings. The monoisotopic (exact) mass is 556 g/mol. The number of ether oxygens (including phenoxy) is 2. The van der Waals surface area contributed by atoms with Gasteiger partial charge in [-0.3, -0.25) is 19.7 Å². The highest BCUT2D eigenvalue weighted by molar-refractivity contribution is 6.30. The van der Waals surface area contributed by atoms with Crippen molar-refractivity contribution in [2.24, 2.45) is 11.3 Å². The molecule has 10 nitrogen and oxygen atoms in total. The van der Waals surface area contributed by atoms with Gasteiger partial charge in [0.05, 0.1) is 19.9 Å². The molecule has 2 fully saturated rings. The summed E-state index contributed by atoms with van der Waals surface area (Å²) in [6.45, 7) is 1.92. The minimum atomic E-state index is -1.61. The fraction of sp³-hybridized carbons (Fsp3) is 0.355. The molecule has 41 heavy (non-hydrogen) atoms. The van der Waals surface area contributed by atoms with Crippen molar-refractivity contribution >= 4 is 23.5 Å². The average molecular weight is 557 g/mol. The van der Waals surface area contributed by atoms with Crippen LogP contribution in [0.4, 0.5) is 10.5 Å². The summed E-state index contributed by atoms with van der Waals surface area (Å²) in [5.74, 6) is 0.218. The van der Waals surface area contributed by atoms with Gasteiger partial charge in [0, 0.05) is 50.3 Å². The Kier molecular flexibility index (Phi) is 6.86. The van der Waals surface area contributed by atoms with Gasteiger partial charge in [-0.15, -0.1) is 0 Å². The molecule has 4 amide bonds. The van der Waals surface area contributed by atoms with Gasteiger partial charge in [0.25, 0.3) is 11.5 Å². The highest BCUT2D eigenvalue weighted by Crippen LogP contribution is 2.40. The maximum absolute atomic E-state index is 14.5. The molecule has 3 aromatic rings. The first-order valence-corrected chi connectivity index (χ1v) is 13.7. The second-order valence-electron chi connectivity index (χ2n) is 11.1. The molecule has 6 rings (SSSR count). The van der Waals surface area contributed by atoms with Gasteiger partial charge >= 0.3 is 6.03 Å². The number of anilines is 1. The van der Waals surface area contributed by atoms with Crippen LogP contribution in [0.5, 0.6) is 11.5 Å². The van der Waals surface area contributed by atoms with Crippen LogP contribution in [0.2, 0.25) is 0 Å². The molecule has 2 bridgehead atoms. The first-order valence-electron chi connectivity index (χ1n) is 13.7. The van der Waals surface area contributed by atoms with Crippen LogP contribution in [-0.4, -0.2) is 61.2 Å². The molecule has 3 atom stereocenters. The van der Waals surface area contributed by atoms with E-state index in [1.165, 1.54) is 7.11 Å². The van der Waals surface area contributed by atoms with E-state index in [9.17, 15) is 19.2 Å². The summed E-state index contributed by atoms with van der Waals surface area (Å²) in [4.78, 5) is 57.2. The molecule has 1 N–H and O–H groups in total. The quantitative estimate of drug-likeness (QED) is 0.446. The number of barbiturate groups is 1. The summed E-state index contributed by atoms with van der Waals surface area (Å²) < 4.78 is 12.7. The predicted octanol–water partition coefficient (Wildman–Crippen LogP) is 2.80. The number of amides is 4. The number of rotatable bonds is 7. The number of benzene rings is 2. The lowest BCUT2D eigenvalue weighted by Crippen LogP contribution is -2.68. The number of methoxy groups -OCH3 is 2. The van der Waals surface area contributed by atoms with Crippen LogP contribution in [0, 0.1) is 11.3 Å². The number of piperidine rings is 1. The summed E-state index contributed by atoms with van der Waals surface area (Å²) in [5.41, 5.74) is 0.399. The smallest absolute Gasteiger partial charge is 0.335 e. The van der Waals surface area contributed by atoms with Crippen LogP contribution < -0.4 is 25.2 Å². The number of fused-ring (bicyclic) bond motifs is 4. The molecule has 212 valence electrons. The van der Waals surface area contributed by atoms with Crippen LogP contribution in [0.25, 0.3) is 0 Å². The third kappa shape index (κ3) is 4.67. The van der Waals surface area contributed by atoms with Crippen LogP contribution >= 0.6 is 0 Å². The van der Waals surface area contributed by atoms with Gasteiger partial charge in [-0.2, -0.15) is 0 Å². The summed E-state index contributed by atoms with van der Waals surface area (Å²) in [6, 6.07) is 18.4. The Hall–Kier alpha value is -4.44. The minimum Gasteiger partial charge on any atom is -0.497 e. The summed E-state index contributed by atoms with van der Waals surface area (Å²) in [6.07, 6.45) is 0.986. The molecular weight excluding hydrogens is 524 g/mol. The molecule has 0 spiro atoms. The fourth-order valence-electron chi connectivity index (χ4n) is 6.67. The van der Waals surface area contributed by atoms with E-state index in [2.05, 4.69) is 10.2 Å². The van der Waals surface area contributed by atoms with Crippen LogP contribution in [-0.2, 0) is 22.6 Å². The van der Waals surface area contributed by atoms with Crippen molar-refractivity contribution in [3.05, 3.63) is 88.3 Å². The summed E-state index contributed by atoms with van der Waals surface area (Å²) >= 11 is 0. The van der Waals surface area contributed by atoms with Crippen molar-refractivity contribution in [3.63, 3.8) is 0 Å². The van der Waals surface area contributed by atoms with Crippen molar-refractivity contribution in [1.82, 2.24) is 14.8 Å². The van der Waals surface area contributed by atoms with Crippen LogP contribution in [0.15, 0.2) is 71.5 Å². The molecule has 0 unspecified atom stereocenters. The molecule has 2 aromatic carbocycles. The Bertz CT molecular complexity index is 1570. The number of urea groups is 1. The molecular formula is C31H32N4O6. The second-order valence-corrected chi connectivity index (χ2v) is 11.1. The van der Waals surface area contributed by atoms with Crippen molar-refractivity contribution in [2.75, 3.05) is 38.8 Å². The van der Waals surface area contributed by atoms with E-state index in [-0.39, 0.29) is 30.4 Å². The van der Waals surface area contributed by atoms with E-state index < -0.39 is 23.3 Å². The fourth-order valence-corrected chi connectivity index (χ4v) is 6.67. The minimum absolute atomic E-state index is 0.00576. The first kappa shape index (κ1) is 26.8. The Morgan fingerprint density at radius 1 is 0.878 bits per heavy atom. The Morgan fingerprint density at radius 3 is 2.41 bits per heavy atom. The number of aromatic nitrogens is 1. The standard InChI is InChI=1S/C31H32N4O6/c1-40-24-12-10-23(11-13-24)35-29(38)31(28(37)32-30(35)39,15-21-6-3-4-8-26(21)41-2)19-33-16-20-14-22(18-33)25-7-5-9-27(36)34(25)17-20/h3-13,20,22H,14-19H2,1-2H3,(H,32,37,39)/t20-,22-,31-/m1/s1. The lowest BCUT2D eigenvalue weighted by molar-refractivity contribution is -0.144. The number of nitrogens with zero attached hydrogens (tertiary/aromatic N) is 3. The van der Waals surface area contributed by atoms with Gasteiger partial charge < -0.3 is 18.9 Å². The zero-order valence-electron chi connectivity index (χ0n) is 23.0. The van der Waals surface area contributed by atoms with E-state index in [0.717, 1.165) is 17.0 Å².